The van der Waals surface area contributed by atoms with E-state index in [1.807, 2.05) is 36.4 Å². The van der Waals surface area contributed by atoms with Crippen LogP contribution >= 0.6 is 15.9 Å². The Morgan fingerprint density at radius 1 is 0.862 bits per heavy atom. The van der Waals surface area contributed by atoms with Crippen molar-refractivity contribution in [3.05, 3.63) is 88.8 Å². The maximum Gasteiger partial charge on any atom is 0.271 e. The van der Waals surface area contributed by atoms with Crippen molar-refractivity contribution >= 4 is 38.6 Å². The van der Waals surface area contributed by atoms with Gasteiger partial charge in [-0.25, -0.2) is 4.98 Å². The van der Waals surface area contributed by atoms with Crippen LogP contribution < -0.4 is 10.9 Å². The summed E-state index contributed by atoms with van der Waals surface area (Å²) in [5, 5.41) is 0.669. The second kappa shape index (κ2) is 8.15. The average molecular weight is 448 g/mol. The van der Waals surface area contributed by atoms with Crippen LogP contribution in [0, 0.1) is 0 Å². The van der Waals surface area contributed by atoms with Gasteiger partial charge in [-0.3, -0.25) is 30.4 Å². The van der Waals surface area contributed by atoms with Crippen molar-refractivity contribution in [3.8, 4) is 11.4 Å². The lowest BCUT2D eigenvalue weighted by atomic mass is 10.1. The third-order valence-corrected chi connectivity index (χ3v) is 4.58. The fourth-order valence-electron chi connectivity index (χ4n) is 2.80. The highest BCUT2D eigenvalue weighted by Crippen LogP contribution is 2.23. The molecule has 0 bridgehead atoms. The number of pyridine rings is 3. The Morgan fingerprint density at radius 3 is 2.45 bits per heavy atom. The fourth-order valence-corrected chi connectivity index (χ4v) is 3.16. The van der Waals surface area contributed by atoms with E-state index in [0.29, 0.717) is 37.9 Å². The molecule has 4 aromatic rings. The van der Waals surface area contributed by atoms with Gasteiger partial charge in [0, 0.05) is 28.4 Å². The number of hydrogen-bond donors (Lipinski definition) is 2. The van der Waals surface area contributed by atoms with E-state index in [-0.39, 0.29) is 0 Å². The molecule has 1 aromatic carbocycles. The van der Waals surface area contributed by atoms with Gasteiger partial charge in [0.05, 0.1) is 28.0 Å². The van der Waals surface area contributed by atoms with Crippen LogP contribution in [0.4, 0.5) is 0 Å². The number of nitrogens with zero attached hydrogens (tertiary/aromatic N) is 3. The van der Waals surface area contributed by atoms with Crippen LogP contribution in [0.3, 0.4) is 0 Å². The van der Waals surface area contributed by atoms with Crippen LogP contribution in [0.1, 0.15) is 20.7 Å². The first kappa shape index (κ1) is 18.7. The molecule has 0 unspecified atom stereocenters. The Bertz CT molecular complexity index is 1210. The molecule has 3 aromatic heterocycles. The predicted octanol–water partition coefficient (Wildman–Crippen LogP) is 3.53. The Morgan fingerprint density at radius 2 is 1.66 bits per heavy atom. The number of amides is 2. The third-order valence-electron chi connectivity index (χ3n) is 4.14. The van der Waals surface area contributed by atoms with E-state index in [2.05, 4.69) is 41.7 Å². The Labute approximate surface area is 174 Å². The minimum atomic E-state index is -0.476. The number of carbonyl (C=O) groups is 2. The van der Waals surface area contributed by atoms with Gasteiger partial charge in [0.1, 0.15) is 0 Å². The standard InChI is InChI=1S/C21H14BrN5O2/c22-14-9-13(11-23-12-14)20(28)26-27-21(29)16-10-19(18-7-3-4-8-24-18)25-17-6-2-1-5-15(16)17/h1-12H,(H,26,28)(H,27,29). The molecule has 3 heterocycles. The van der Waals surface area contributed by atoms with Crippen molar-refractivity contribution in [3.63, 3.8) is 0 Å². The van der Waals surface area contributed by atoms with Crippen LogP contribution in [-0.4, -0.2) is 26.8 Å². The lowest BCUT2D eigenvalue weighted by Crippen LogP contribution is -2.41. The van der Waals surface area contributed by atoms with Crippen molar-refractivity contribution in [2.24, 2.45) is 0 Å². The molecule has 0 atom stereocenters. The van der Waals surface area contributed by atoms with Crippen LogP contribution in [0.25, 0.3) is 22.3 Å². The number of nitrogens with one attached hydrogen (secondary N) is 2. The van der Waals surface area contributed by atoms with E-state index in [1.54, 1.807) is 30.6 Å². The zero-order chi connectivity index (χ0) is 20.2. The summed E-state index contributed by atoms with van der Waals surface area (Å²) in [4.78, 5) is 38.0. The van der Waals surface area contributed by atoms with Gasteiger partial charge in [-0.15, -0.1) is 0 Å². The summed E-state index contributed by atoms with van der Waals surface area (Å²) < 4.78 is 0.664. The summed E-state index contributed by atoms with van der Waals surface area (Å²) in [6, 6.07) is 16.1. The smallest absolute Gasteiger partial charge is 0.267 e. The van der Waals surface area contributed by atoms with Gasteiger partial charge >= 0.3 is 0 Å². The molecule has 8 heteroatoms. The van der Waals surface area contributed by atoms with Crippen LogP contribution in [0.2, 0.25) is 0 Å². The SMILES string of the molecule is O=C(NNC(=O)c1cc(-c2ccccn2)nc2ccccc12)c1cncc(Br)c1. The molecule has 2 N–H and O–H groups in total. The fraction of sp³-hybridized carbons (Fsp3) is 0. The number of fused-ring (bicyclic) bond motifs is 1. The summed E-state index contributed by atoms with van der Waals surface area (Å²) >= 11 is 3.26. The number of halogens is 1. The van der Waals surface area contributed by atoms with E-state index >= 15 is 0 Å². The second-order valence-electron chi connectivity index (χ2n) is 6.09. The Balaban J connectivity index is 1.64. The topological polar surface area (TPSA) is 96.9 Å². The van der Waals surface area contributed by atoms with Crippen molar-refractivity contribution < 1.29 is 9.59 Å². The van der Waals surface area contributed by atoms with Gasteiger partial charge in [-0.05, 0) is 46.3 Å². The normalized spacial score (nSPS) is 10.5. The molecule has 142 valence electrons. The van der Waals surface area contributed by atoms with E-state index in [4.69, 9.17) is 0 Å². The van der Waals surface area contributed by atoms with Gasteiger partial charge < -0.3 is 0 Å². The number of aromatic nitrogens is 3. The number of rotatable bonds is 3. The Hall–Kier alpha value is -3.65. The zero-order valence-electron chi connectivity index (χ0n) is 15.0. The van der Waals surface area contributed by atoms with Crippen LogP contribution in [0.5, 0.6) is 0 Å². The van der Waals surface area contributed by atoms with E-state index in [1.165, 1.54) is 6.20 Å². The summed E-state index contributed by atoms with van der Waals surface area (Å²) in [6.45, 7) is 0. The molecule has 0 saturated heterocycles. The first-order valence-corrected chi connectivity index (χ1v) is 9.43. The largest absolute Gasteiger partial charge is 0.271 e. The molecule has 0 fully saturated rings. The Kier molecular flexibility index (Phi) is 5.26. The van der Waals surface area contributed by atoms with Crippen molar-refractivity contribution in [2.45, 2.75) is 0 Å². The van der Waals surface area contributed by atoms with Gasteiger partial charge in [0.2, 0.25) is 0 Å². The van der Waals surface area contributed by atoms with E-state index in [9.17, 15) is 9.59 Å². The van der Waals surface area contributed by atoms with Gasteiger partial charge in [-0.2, -0.15) is 0 Å². The van der Waals surface area contributed by atoms with Crippen LogP contribution in [0.15, 0.2) is 77.7 Å². The quantitative estimate of drug-likeness (QED) is 0.468. The molecule has 7 nitrogen and oxygen atoms in total. The molecule has 29 heavy (non-hydrogen) atoms. The highest BCUT2D eigenvalue weighted by molar-refractivity contribution is 9.10. The third kappa shape index (κ3) is 4.12. The molecule has 0 aliphatic rings. The minimum Gasteiger partial charge on any atom is -0.267 e. The van der Waals surface area contributed by atoms with E-state index < -0.39 is 11.8 Å². The minimum absolute atomic E-state index is 0.313. The summed E-state index contributed by atoms with van der Waals surface area (Å²) in [6.07, 6.45) is 4.64. The zero-order valence-corrected chi connectivity index (χ0v) is 16.6. The summed E-state index contributed by atoms with van der Waals surface area (Å²) in [7, 11) is 0. The molecule has 2 amide bonds. The van der Waals surface area contributed by atoms with Gasteiger partial charge in [0.15, 0.2) is 0 Å². The molecule has 0 radical (unpaired) electrons. The highest BCUT2D eigenvalue weighted by Gasteiger charge is 2.15. The number of para-hydroxylation sites is 1. The molecular formula is C21H14BrN5O2. The summed E-state index contributed by atoms with van der Waals surface area (Å²) in [5.74, 6) is -0.937. The number of hydrogen-bond acceptors (Lipinski definition) is 5. The van der Waals surface area contributed by atoms with Crippen molar-refractivity contribution in [1.29, 1.82) is 0 Å². The average Bonchev–Trinajstić information content (AvgIpc) is 2.77. The molecule has 4 rings (SSSR count). The van der Waals surface area contributed by atoms with Crippen LogP contribution in [-0.2, 0) is 0 Å². The van der Waals surface area contributed by atoms with Crippen molar-refractivity contribution in [1.82, 2.24) is 25.8 Å². The lowest BCUT2D eigenvalue weighted by Gasteiger charge is -2.11. The first-order chi connectivity index (χ1) is 14.1. The number of benzene rings is 1. The predicted molar refractivity (Wildman–Crippen MR) is 112 cm³/mol. The maximum atomic E-state index is 12.8. The summed E-state index contributed by atoms with van der Waals surface area (Å²) in [5.41, 5.74) is 7.43. The molecule has 0 saturated carbocycles. The first-order valence-electron chi connectivity index (χ1n) is 8.64. The second-order valence-corrected chi connectivity index (χ2v) is 7.00. The van der Waals surface area contributed by atoms with Gasteiger partial charge in [0.25, 0.3) is 11.8 Å². The molecule has 0 aliphatic carbocycles. The maximum absolute atomic E-state index is 12.8. The van der Waals surface area contributed by atoms with E-state index in [0.717, 1.165) is 0 Å². The van der Waals surface area contributed by atoms with Crippen molar-refractivity contribution in [2.75, 3.05) is 0 Å². The lowest BCUT2D eigenvalue weighted by molar-refractivity contribution is 0.0847. The number of hydrazine groups is 1. The highest BCUT2D eigenvalue weighted by atomic mass is 79.9. The molecular weight excluding hydrogens is 434 g/mol. The monoisotopic (exact) mass is 447 g/mol. The number of carbonyl (C=O) groups excluding carboxylic acids is 2. The van der Waals surface area contributed by atoms with Gasteiger partial charge in [-0.1, -0.05) is 24.3 Å². The molecule has 0 spiro atoms. The molecule has 0 aliphatic heterocycles.